The summed E-state index contributed by atoms with van der Waals surface area (Å²) in [4.78, 5) is 7.38. The third kappa shape index (κ3) is 7.36. The van der Waals surface area contributed by atoms with Crippen LogP contribution < -0.4 is 4.90 Å². The highest BCUT2D eigenvalue weighted by Gasteiger charge is 2.19. The molecule has 9 aromatic rings. The van der Waals surface area contributed by atoms with Crippen LogP contribution in [-0.2, 0) is 5.41 Å². The van der Waals surface area contributed by atoms with Crippen LogP contribution in [0.1, 0.15) is 26.3 Å². The first-order chi connectivity index (χ1) is 28.4. The normalized spacial score (nSPS) is 11.4. The highest BCUT2D eigenvalue weighted by atomic mass is 15.4. The lowest BCUT2D eigenvalue weighted by Gasteiger charge is -2.25. The molecule has 0 radical (unpaired) electrons. The molecular weight excluding hydrogens is 705 g/mol. The van der Waals surface area contributed by atoms with Crippen molar-refractivity contribution in [1.29, 1.82) is 0 Å². The maximum atomic E-state index is 5.09. The van der Waals surface area contributed by atoms with Crippen LogP contribution in [0.4, 0.5) is 17.1 Å². The third-order valence-electron chi connectivity index (χ3n) is 10.7. The Balaban J connectivity index is 1.06. The van der Waals surface area contributed by atoms with E-state index in [9.17, 15) is 0 Å². The van der Waals surface area contributed by atoms with Crippen LogP contribution in [0.5, 0.6) is 0 Å². The molecule has 280 valence electrons. The van der Waals surface area contributed by atoms with Crippen LogP contribution in [-0.4, -0.2) is 14.8 Å². The van der Waals surface area contributed by atoms with Crippen LogP contribution in [0.3, 0.4) is 0 Å². The summed E-state index contributed by atoms with van der Waals surface area (Å²) in [6, 6.07) is 75.0. The first kappa shape index (κ1) is 36.3. The van der Waals surface area contributed by atoms with Gasteiger partial charge < -0.3 is 4.90 Å². The predicted molar refractivity (Wildman–Crippen MR) is 242 cm³/mol. The highest BCUT2D eigenvalue weighted by molar-refractivity contribution is 5.92. The second-order valence-electron chi connectivity index (χ2n) is 15.6. The van der Waals surface area contributed by atoms with E-state index >= 15 is 0 Å². The van der Waals surface area contributed by atoms with E-state index in [1.165, 1.54) is 27.8 Å². The van der Waals surface area contributed by atoms with Gasteiger partial charge in [0.15, 0.2) is 11.6 Å². The van der Waals surface area contributed by atoms with Crippen molar-refractivity contribution in [2.45, 2.75) is 26.2 Å². The quantitative estimate of drug-likeness (QED) is 0.147. The Labute approximate surface area is 341 Å². The molecule has 0 saturated carbocycles. The van der Waals surface area contributed by atoms with Gasteiger partial charge in [-0.05, 0) is 92.9 Å². The summed E-state index contributed by atoms with van der Waals surface area (Å²) in [7, 11) is 0. The molecule has 0 aliphatic carbocycles. The number of hydrogen-bond donors (Lipinski definition) is 0. The summed E-state index contributed by atoms with van der Waals surface area (Å²) in [6.45, 7) is 6.71. The molecule has 0 aliphatic rings. The van der Waals surface area contributed by atoms with Gasteiger partial charge in [-0.25, -0.2) is 9.67 Å². The van der Waals surface area contributed by atoms with Gasteiger partial charge in [-0.1, -0.05) is 185 Å². The van der Waals surface area contributed by atoms with E-state index in [-0.39, 0.29) is 5.41 Å². The lowest BCUT2D eigenvalue weighted by atomic mass is 9.86. The number of para-hydroxylation sites is 2. The fourth-order valence-electron chi connectivity index (χ4n) is 7.62. The molecule has 0 unspecified atom stereocenters. The Kier molecular flexibility index (Phi) is 9.83. The van der Waals surface area contributed by atoms with Gasteiger partial charge in [-0.2, -0.15) is 0 Å². The minimum Gasteiger partial charge on any atom is -0.311 e. The lowest BCUT2D eigenvalue weighted by molar-refractivity contribution is 0.590. The van der Waals surface area contributed by atoms with Crippen LogP contribution >= 0.6 is 0 Å². The molecule has 58 heavy (non-hydrogen) atoms. The Morgan fingerprint density at radius 2 is 0.793 bits per heavy atom. The van der Waals surface area contributed by atoms with Crippen molar-refractivity contribution < 1.29 is 0 Å². The number of benzene rings is 8. The molecule has 0 bridgehead atoms. The zero-order valence-electron chi connectivity index (χ0n) is 33.0. The van der Waals surface area contributed by atoms with Gasteiger partial charge in [0.2, 0.25) is 0 Å². The van der Waals surface area contributed by atoms with E-state index < -0.39 is 0 Å². The number of rotatable bonds is 9. The van der Waals surface area contributed by atoms with Crippen molar-refractivity contribution in [3.05, 3.63) is 218 Å². The van der Waals surface area contributed by atoms with Gasteiger partial charge in [0.05, 0.1) is 5.69 Å². The van der Waals surface area contributed by atoms with Crippen molar-refractivity contribution in [1.82, 2.24) is 14.8 Å². The molecule has 0 saturated heterocycles. The summed E-state index contributed by atoms with van der Waals surface area (Å²) in [5.41, 5.74) is 14.6. The lowest BCUT2D eigenvalue weighted by Crippen LogP contribution is -2.10. The number of hydrogen-bond acceptors (Lipinski definition) is 3. The SMILES string of the molecule is CC(C)(C)c1ccc(-c2nc(-c3ccccc3)nn2-c2ccc(-c3ccccc3-c3ccccc3-c3ccc(N(c4ccccc4)c4ccccc4)cc3)cc2)cc1. The average molecular weight is 749 g/mol. The van der Waals surface area contributed by atoms with Crippen molar-refractivity contribution in [3.63, 3.8) is 0 Å². The van der Waals surface area contributed by atoms with E-state index in [4.69, 9.17) is 10.1 Å². The van der Waals surface area contributed by atoms with E-state index in [0.717, 1.165) is 50.8 Å². The number of anilines is 3. The average Bonchev–Trinajstić information content (AvgIpc) is 3.74. The van der Waals surface area contributed by atoms with Gasteiger partial charge >= 0.3 is 0 Å². The monoisotopic (exact) mass is 748 g/mol. The summed E-state index contributed by atoms with van der Waals surface area (Å²) in [6.07, 6.45) is 0. The Morgan fingerprint density at radius 1 is 0.379 bits per heavy atom. The van der Waals surface area contributed by atoms with E-state index in [1.807, 2.05) is 22.9 Å². The van der Waals surface area contributed by atoms with Crippen LogP contribution in [0.2, 0.25) is 0 Å². The minimum atomic E-state index is 0.0612. The van der Waals surface area contributed by atoms with Gasteiger partial charge in [0.1, 0.15) is 0 Å². The largest absolute Gasteiger partial charge is 0.311 e. The molecule has 0 amide bonds. The molecule has 0 spiro atoms. The first-order valence-corrected chi connectivity index (χ1v) is 19.8. The van der Waals surface area contributed by atoms with Gasteiger partial charge in [0.25, 0.3) is 0 Å². The van der Waals surface area contributed by atoms with Crippen LogP contribution in [0, 0.1) is 0 Å². The fraction of sp³-hybridized carbons (Fsp3) is 0.0741. The molecule has 4 nitrogen and oxygen atoms in total. The van der Waals surface area contributed by atoms with E-state index in [2.05, 4.69) is 220 Å². The van der Waals surface area contributed by atoms with E-state index in [1.54, 1.807) is 0 Å². The van der Waals surface area contributed by atoms with Gasteiger partial charge in [0, 0.05) is 28.2 Å². The summed E-state index contributed by atoms with van der Waals surface area (Å²) < 4.78 is 1.97. The molecule has 8 aromatic carbocycles. The van der Waals surface area contributed by atoms with Crippen molar-refractivity contribution in [3.8, 4) is 61.8 Å². The molecule has 1 aromatic heterocycles. The maximum Gasteiger partial charge on any atom is 0.182 e. The fourth-order valence-corrected chi connectivity index (χ4v) is 7.62. The Morgan fingerprint density at radius 3 is 1.29 bits per heavy atom. The number of aromatic nitrogens is 3. The summed E-state index contributed by atoms with van der Waals surface area (Å²) >= 11 is 0. The minimum absolute atomic E-state index is 0.0612. The molecular formula is C54H44N4. The molecule has 4 heteroatoms. The Bertz CT molecular complexity index is 2730. The number of nitrogens with zero attached hydrogens (tertiary/aromatic N) is 4. The second kappa shape index (κ2) is 15.7. The highest BCUT2D eigenvalue weighted by Crippen LogP contribution is 2.40. The van der Waals surface area contributed by atoms with Crippen molar-refractivity contribution >= 4 is 17.1 Å². The summed E-state index contributed by atoms with van der Waals surface area (Å²) in [5.74, 6) is 1.51. The topological polar surface area (TPSA) is 34.0 Å². The molecule has 0 atom stereocenters. The van der Waals surface area contributed by atoms with E-state index in [0.29, 0.717) is 5.82 Å². The van der Waals surface area contributed by atoms with Crippen molar-refractivity contribution in [2.24, 2.45) is 0 Å². The molecule has 1 heterocycles. The standard InChI is InChI=1S/C54H44N4/c1-54(2,3)43-33-27-42(28-34-43)53-55-52(41-17-7-4-8-18-41)56-58(53)47-37-31-40(32-38-47)49-24-14-16-26-51(49)50-25-15-13-23-48(50)39-29-35-46(36-30-39)57(44-19-9-5-10-20-44)45-21-11-6-12-22-45/h4-38H,1-3H3. The van der Waals surface area contributed by atoms with Gasteiger partial charge in [-0.15, -0.1) is 5.10 Å². The molecule has 0 fully saturated rings. The van der Waals surface area contributed by atoms with Crippen molar-refractivity contribution in [2.75, 3.05) is 4.90 Å². The zero-order chi connectivity index (χ0) is 39.5. The Hall–Kier alpha value is -7.30. The van der Waals surface area contributed by atoms with Gasteiger partial charge in [-0.3, -0.25) is 0 Å². The van der Waals surface area contributed by atoms with Crippen LogP contribution in [0.15, 0.2) is 212 Å². The first-order valence-electron chi connectivity index (χ1n) is 19.8. The molecule has 9 rings (SSSR count). The predicted octanol–water partition coefficient (Wildman–Crippen LogP) is 14.4. The zero-order valence-corrected chi connectivity index (χ0v) is 33.0. The maximum absolute atomic E-state index is 5.09. The third-order valence-corrected chi connectivity index (χ3v) is 10.7. The molecule has 0 aliphatic heterocycles. The molecule has 0 N–H and O–H groups in total. The smallest absolute Gasteiger partial charge is 0.182 e. The summed E-state index contributed by atoms with van der Waals surface area (Å²) in [5, 5.41) is 5.06. The second-order valence-corrected chi connectivity index (χ2v) is 15.6. The van der Waals surface area contributed by atoms with Crippen LogP contribution in [0.25, 0.3) is 61.8 Å².